The molecular formula is C18H14F6N2O2S. The lowest BCUT2D eigenvalue weighted by Crippen LogP contribution is -2.17. The molecule has 2 rings (SSSR count). The molecule has 0 fully saturated rings. The van der Waals surface area contributed by atoms with Crippen molar-refractivity contribution < 1.29 is 35.9 Å². The third-order valence-electron chi connectivity index (χ3n) is 3.53. The number of hydrogen-bond acceptors (Lipinski definition) is 3. The number of rotatable bonds is 3. The lowest BCUT2D eigenvalue weighted by Gasteiger charge is -2.14. The van der Waals surface area contributed by atoms with E-state index < -0.39 is 35.0 Å². The summed E-state index contributed by atoms with van der Waals surface area (Å²) >= 11 is 0.909. The van der Waals surface area contributed by atoms with Crippen LogP contribution in [0.4, 0.5) is 36.8 Å². The Kier molecular flexibility index (Phi) is 6.51. The highest BCUT2D eigenvalue weighted by Gasteiger charge is 2.37. The molecule has 0 radical (unpaired) electrons. The zero-order chi connectivity index (χ0) is 22.0. The third-order valence-corrected chi connectivity index (χ3v) is 4.58. The molecule has 2 amide bonds. The van der Waals surface area contributed by atoms with E-state index in [9.17, 15) is 35.9 Å². The van der Waals surface area contributed by atoms with Crippen molar-refractivity contribution in [3.05, 3.63) is 59.2 Å². The maximum absolute atomic E-state index is 12.9. The number of hydrogen-bond donors (Lipinski definition) is 1. The molecule has 0 aromatic heterocycles. The second kappa shape index (κ2) is 8.36. The van der Waals surface area contributed by atoms with Crippen LogP contribution < -0.4 is 5.32 Å². The Hall–Kier alpha value is -2.69. The fourth-order valence-corrected chi connectivity index (χ4v) is 2.74. The van der Waals surface area contributed by atoms with Crippen molar-refractivity contribution in [1.82, 2.24) is 4.90 Å². The number of alkyl halides is 6. The van der Waals surface area contributed by atoms with Crippen LogP contribution in [0.5, 0.6) is 0 Å². The van der Waals surface area contributed by atoms with Gasteiger partial charge in [-0.3, -0.25) is 9.59 Å². The van der Waals surface area contributed by atoms with Gasteiger partial charge < -0.3 is 10.2 Å². The standard InChI is InChI=1S/C18H14F6N2O2S/c1-26(2)16(28)29-14-5-3-13(4-6-14)25-15(27)10-7-11(17(19,20)21)9-12(8-10)18(22,23)24/h3-9H,1-2H3,(H,25,27). The van der Waals surface area contributed by atoms with E-state index in [2.05, 4.69) is 5.32 Å². The van der Waals surface area contributed by atoms with Crippen LogP contribution in [0.2, 0.25) is 0 Å². The normalized spacial score (nSPS) is 11.9. The van der Waals surface area contributed by atoms with E-state index in [1.807, 2.05) is 0 Å². The first-order chi connectivity index (χ1) is 13.3. The van der Waals surface area contributed by atoms with E-state index in [1.165, 1.54) is 29.2 Å². The number of halogens is 6. The number of thioether (sulfide) groups is 1. The Morgan fingerprint density at radius 1 is 0.862 bits per heavy atom. The van der Waals surface area contributed by atoms with Crippen LogP contribution in [-0.2, 0) is 12.4 Å². The number of carbonyl (C=O) groups excluding carboxylic acids is 2. The summed E-state index contributed by atoms with van der Waals surface area (Å²) in [7, 11) is 3.13. The molecule has 0 saturated heterocycles. The molecule has 0 atom stereocenters. The lowest BCUT2D eigenvalue weighted by atomic mass is 10.0. The Morgan fingerprint density at radius 3 is 1.76 bits per heavy atom. The largest absolute Gasteiger partial charge is 0.416 e. The van der Waals surface area contributed by atoms with Gasteiger partial charge in [0.05, 0.1) is 11.1 Å². The number of nitrogens with one attached hydrogen (secondary N) is 1. The Labute approximate surface area is 165 Å². The van der Waals surface area contributed by atoms with Crippen LogP contribution in [0.25, 0.3) is 0 Å². The second-order valence-corrected chi connectivity index (χ2v) is 7.06. The van der Waals surface area contributed by atoms with E-state index in [4.69, 9.17) is 0 Å². The van der Waals surface area contributed by atoms with Gasteiger partial charge in [0.15, 0.2) is 0 Å². The van der Waals surface area contributed by atoms with Gasteiger partial charge in [0.25, 0.3) is 11.1 Å². The monoisotopic (exact) mass is 436 g/mol. The van der Waals surface area contributed by atoms with E-state index >= 15 is 0 Å². The summed E-state index contributed by atoms with van der Waals surface area (Å²) in [6.07, 6.45) is -10.1. The Bertz CT molecular complexity index is 876. The highest BCUT2D eigenvalue weighted by Crippen LogP contribution is 2.36. The molecule has 4 nitrogen and oxygen atoms in total. The number of carbonyl (C=O) groups is 2. The average Bonchev–Trinajstić information content (AvgIpc) is 2.61. The van der Waals surface area contributed by atoms with E-state index in [0.29, 0.717) is 17.0 Å². The van der Waals surface area contributed by atoms with Crippen LogP contribution in [0.15, 0.2) is 47.4 Å². The van der Waals surface area contributed by atoms with Crippen molar-refractivity contribution in [2.75, 3.05) is 19.4 Å². The molecule has 1 N–H and O–H groups in total. The number of benzene rings is 2. The smallest absolute Gasteiger partial charge is 0.339 e. The number of amides is 2. The van der Waals surface area contributed by atoms with E-state index in [-0.39, 0.29) is 17.0 Å². The Balaban J connectivity index is 2.25. The predicted molar refractivity (Wildman–Crippen MR) is 95.8 cm³/mol. The molecule has 2 aromatic carbocycles. The van der Waals surface area contributed by atoms with Gasteiger partial charge in [-0.1, -0.05) is 0 Å². The van der Waals surface area contributed by atoms with Crippen LogP contribution in [0, 0.1) is 0 Å². The highest BCUT2D eigenvalue weighted by atomic mass is 32.2. The molecular weight excluding hydrogens is 422 g/mol. The zero-order valence-corrected chi connectivity index (χ0v) is 15.8. The first-order valence-corrected chi connectivity index (χ1v) is 8.69. The zero-order valence-electron chi connectivity index (χ0n) is 15.0. The molecule has 156 valence electrons. The molecule has 29 heavy (non-hydrogen) atoms. The quantitative estimate of drug-likeness (QED) is 0.492. The van der Waals surface area contributed by atoms with Crippen molar-refractivity contribution in [3.63, 3.8) is 0 Å². The van der Waals surface area contributed by atoms with Gasteiger partial charge in [-0.2, -0.15) is 26.3 Å². The van der Waals surface area contributed by atoms with Gasteiger partial charge in [-0.25, -0.2) is 0 Å². The minimum Gasteiger partial charge on any atom is -0.339 e. The molecule has 0 unspecified atom stereocenters. The van der Waals surface area contributed by atoms with Crippen molar-refractivity contribution in [2.24, 2.45) is 0 Å². The van der Waals surface area contributed by atoms with Crippen LogP contribution in [0.1, 0.15) is 21.5 Å². The van der Waals surface area contributed by atoms with Gasteiger partial charge >= 0.3 is 12.4 Å². The second-order valence-electron chi connectivity index (χ2n) is 6.04. The van der Waals surface area contributed by atoms with E-state index in [0.717, 1.165) is 11.8 Å². The molecule has 0 heterocycles. The first-order valence-electron chi connectivity index (χ1n) is 7.87. The van der Waals surface area contributed by atoms with Gasteiger partial charge in [-0.15, -0.1) is 0 Å². The molecule has 0 aliphatic carbocycles. The summed E-state index contributed by atoms with van der Waals surface area (Å²) < 4.78 is 77.4. The van der Waals surface area contributed by atoms with Crippen LogP contribution in [-0.4, -0.2) is 30.1 Å². The molecule has 2 aromatic rings. The van der Waals surface area contributed by atoms with Gasteiger partial charge in [0.2, 0.25) is 0 Å². The lowest BCUT2D eigenvalue weighted by molar-refractivity contribution is -0.143. The van der Waals surface area contributed by atoms with Crippen molar-refractivity contribution >= 4 is 28.6 Å². The number of nitrogens with zero attached hydrogens (tertiary/aromatic N) is 1. The topological polar surface area (TPSA) is 49.4 Å². The van der Waals surface area contributed by atoms with Crippen molar-refractivity contribution in [2.45, 2.75) is 17.2 Å². The first kappa shape index (κ1) is 22.6. The minimum absolute atomic E-state index is 0.0510. The summed E-state index contributed by atoms with van der Waals surface area (Å²) in [5.74, 6) is -1.13. The molecule has 0 aliphatic heterocycles. The van der Waals surface area contributed by atoms with Gasteiger partial charge in [0.1, 0.15) is 0 Å². The molecule has 0 bridgehead atoms. The fourth-order valence-electron chi connectivity index (χ4n) is 2.09. The maximum Gasteiger partial charge on any atom is 0.416 e. The average molecular weight is 436 g/mol. The maximum atomic E-state index is 12.9. The van der Waals surface area contributed by atoms with Crippen molar-refractivity contribution in [3.8, 4) is 0 Å². The molecule has 11 heteroatoms. The molecule has 0 saturated carbocycles. The van der Waals surface area contributed by atoms with Crippen LogP contribution >= 0.6 is 11.8 Å². The van der Waals surface area contributed by atoms with Gasteiger partial charge in [-0.05, 0) is 54.2 Å². The van der Waals surface area contributed by atoms with Crippen molar-refractivity contribution in [1.29, 1.82) is 0 Å². The SMILES string of the molecule is CN(C)C(=O)Sc1ccc(NC(=O)c2cc(C(F)(F)F)cc(C(F)(F)F)c2)cc1. The summed E-state index contributed by atoms with van der Waals surface area (Å²) in [5.41, 5.74) is -3.80. The van der Waals surface area contributed by atoms with Gasteiger partial charge in [0, 0.05) is 30.2 Å². The summed E-state index contributed by atoms with van der Waals surface area (Å²) in [6, 6.07) is 6.37. The van der Waals surface area contributed by atoms with Crippen LogP contribution in [0.3, 0.4) is 0 Å². The molecule has 0 aliphatic rings. The summed E-state index contributed by atoms with van der Waals surface area (Å²) in [5, 5.41) is 2.00. The summed E-state index contributed by atoms with van der Waals surface area (Å²) in [4.78, 5) is 25.7. The third kappa shape index (κ3) is 6.14. The number of anilines is 1. The Morgan fingerprint density at radius 2 is 1.34 bits per heavy atom. The van der Waals surface area contributed by atoms with E-state index in [1.54, 1.807) is 14.1 Å². The summed E-state index contributed by atoms with van der Waals surface area (Å²) in [6.45, 7) is 0. The predicted octanol–water partition coefficient (Wildman–Crippen LogP) is 5.75. The fraction of sp³-hybridized carbons (Fsp3) is 0.222. The highest BCUT2D eigenvalue weighted by molar-refractivity contribution is 8.13. The minimum atomic E-state index is -5.05. The molecule has 0 spiro atoms.